The maximum Gasteiger partial charge on any atom is 0.251 e. The molecule has 1 aliphatic rings. The third-order valence-electron chi connectivity index (χ3n) is 7.04. The predicted molar refractivity (Wildman–Crippen MR) is 155 cm³/mol. The average molecular weight is 553 g/mol. The van der Waals surface area contributed by atoms with Crippen LogP contribution in [0.3, 0.4) is 0 Å². The number of carbonyl (C=O) groups excluding carboxylic acids is 2. The number of fused-ring (bicyclic) bond motifs is 1. The summed E-state index contributed by atoms with van der Waals surface area (Å²) in [5.41, 5.74) is 3.92. The average Bonchev–Trinajstić information content (AvgIpc) is 3.46. The van der Waals surface area contributed by atoms with Gasteiger partial charge in [-0.05, 0) is 53.4 Å². The first kappa shape index (κ1) is 27.6. The first-order chi connectivity index (χ1) is 20.0. The van der Waals surface area contributed by atoms with E-state index in [4.69, 9.17) is 18.9 Å². The molecule has 0 aliphatic carbocycles. The summed E-state index contributed by atoms with van der Waals surface area (Å²) in [6, 6.07) is 26.8. The highest BCUT2D eigenvalue weighted by atomic mass is 16.7. The highest BCUT2D eigenvalue weighted by Gasteiger charge is 2.33. The molecule has 0 fully saturated rings. The Morgan fingerprint density at radius 2 is 1.59 bits per heavy atom. The van der Waals surface area contributed by atoms with Crippen LogP contribution in [0.25, 0.3) is 0 Å². The van der Waals surface area contributed by atoms with E-state index >= 15 is 0 Å². The molecule has 0 spiro atoms. The molecule has 0 aromatic heterocycles. The van der Waals surface area contributed by atoms with Gasteiger partial charge in [-0.1, -0.05) is 60.7 Å². The number of hydrogen-bond acceptors (Lipinski definition) is 6. The Morgan fingerprint density at radius 1 is 0.854 bits per heavy atom. The van der Waals surface area contributed by atoms with Gasteiger partial charge in [0, 0.05) is 18.3 Å². The lowest BCUT2D eigenvalue weighted by Gasteiger charge is -2.32. The van der Waals surface area contributed by atoms with E-state index in [1.165, 1.54) is 7.11 Å². The molecule has 1 atom stereocenters. The number of ether oxygens (including phenoxy) is 4. The maximum absolute atomic E-state index is 14.2. The van der Waals surface area contributed by atoms with Crippen molar-refractivity contribution < 1.29 is 28.5 Å². The zero-order chi connectivity index (χ0) is 28.8. The van der Waals surface area contributed by atoms with Crippen LogP contribution in [0.15, 0.2) is 91.0 Å². The second kappa shape index (κ2) is 12.5. The number of anilines is 1. The van der Waals surface area contributed by atoms with E-state index in [1.807, 2.05) is 61.5 Å². The molecule has 41 heavy (non-hydrogen) atoms. The number of carbonyl (C=O) groups is 2. The largest absolute Gasteiger partial charge is 0.493 e. The summed E-state index contributed by atoms with van der Waals surface area (Å²) >= 11 is 0. The number of rotatable bonds is 10. The van der Waals surface area contributed by atoms with E-state index in [-0.39, 0.29) is 31.6 Å². The molecule has 4 aromatic carbocycles. The van der Waals surface area contributed by atoms with Gasteiger partial charge in [-0.2, -0.15) is 0 Å². The number of aryl methyl sites for hydroxylation is 1. The van der Waals surface area contributed by atoms with Crippen LogP contribution < -0.4 is 24.3 Å². The second-order valence-electron chi connectivity index (χ2n) is 9.68. The van der Waals surface area contributed by atoms with E-state index < -0.39 is 6.04 Å². The van der Waals surface area contributed by atoms with E-state index in [2.05, 4.69) is 5.32 Å². The summed E-state index contributed by atoms with van der Waals surface area (Å²) in [5, 5.41) is 3.00. The fraction of sp³-hybridized carbons (Fsp3) is 0.212. The first-order valence-electron chi connectivity index (χ1n) is 13.3. The van der Waals surface area contributed by atoms with Crippen LogP contribution in [0.1, 0.15) is 28.3 Å². The van der Waals surface area contributed by atoms with E-state index in [0.717, 1.165) is 16.7 Å². The van der Waals surface area contributed by atoms with Gasteiger partial charge in [0.1, 0.15) is 6.04 Å². The van der Waals surface area contributed by atoms with Crippen molar-refractivity contribution >= 4 is 17.5 Å². The molecule has 2 amide bonds. The number of amides is 2. The van der Waals surface area contributed by atoms with Gasteiger partial charge in [-0.25, -0.2) is 0 Å². The molecule has 1 aliphatic heterocycles. The number of methoxy groups -OCH3 is 2. The first-order valence-corrected chi connectivity index (χ1v) is 13.3. The fourth-order valence-electron chi connectivity index (χ4n) is 4.85. The van der Waals surface area contributed by atoms with Crippen molar-refractivity contribution in [1.82, 2.24) is 4.90 Å². The molecular formula is C33H32N2O6. The van der Waals surface area contributed by atoms with Crippen LogP contribution in [-0.2, 0) is 22.6 Å². The van der Waals surface area contributed by atoms with Crippen molar-refractivity contribution in [3.05, 3.63) is 113 Å². The van der Waals surface area contributed by atoms with Crippen LogP contribution in [0.5, 0.6) is 23.0 Å². The minimum Gasteiger partial charge on any atom is -0.493 e. The zero-order valence-corrected chi connectivity index (χ0v) is 23.3. The highest BCUT2D eigenvalue weighted by molar-refractivity contribution is 5.98. The van der Waals surface area contributed by atoms with Crippen LogP contribution in [-0.4, -0.2) is 37.7 Å². The topological polar surface area (TPSA) is 86.3 Å². The number of hydrogen-bond donors (Lipinski definition) is 1. The minimum atomic E-state index is -0.990. The van der Waals surface area contributed by atoms with E-state index in [9.17, 15) is 9.59 Å². The van der Waals surface area contributed by atoms with Crippen LogP contribution >= 0.6 is 0 Å². The Labute approximate surface area is 239 Å². The van der Waals surface area contributed by atoms with Crippen molar-refractivity contribution in [2.45, 2.75) is 25.9 Å². The van der Waals surface area contributed by atoms with Crippen molar-refractivity contribution in [3.63, 3.8) is 0 Å². The summed E-state index contributed by atoms with van der Waals surface area (Å²) < 4.78 is 21.9. The fourth-order valence-corrected chi connectivity index (χ4v) is 4.85. The van der Waals surface area contributed by atoms with Gasteiger partial charge in [0.15, 0.2) is 23.0 Å². The maximum atomic E-state index is 14.2. The molecule has 8 heteroatoms. The number of nitrogens with one attached hydrogen (secondary N) is 1. The van der Waals surface area contributed by atoms with Gasteiger partial charge in [0.05, 0.1) is 20.6 Å². The Balaban J connectivity index is 1.58. The molecule has 0 radical (unpaired) electrons. The van der Waals surface area contributed by atoms with E-state index in [0.29, 0.717) is 34.2 Å². The van der Waals surface area contributed by atoms with Crippen molar-refractivity contribution in [3.8, 4) is 23.0 Å². The molecule has 1 N–H and O–H groups in total. The summed E-state index contributed by atoms with van der Waals surface area (Å²) in [6.45, 7) is 2.35. The van der Waals surface area contributed by atoms with Gasteiger partial charge in [0.25, 0.3) is 5.91 Å². The summed E-state index contributed by atoms with van der Waals surface area (Å²) in [4.78, 5) is 29.9. The molecule has 1 heterocycles. The zero-order valence-electron chi connectivity index (χ0n) is 23.3. The van der Waals surface area contributed by atoms with Crippen LogP contribution in [0.2, 0.25) is 0 Å². The van der Waals surface area contributed by atoms with Gasteiger partial charge in [-0.15, -0.1) is 0 Å². The molecule has 0 bridgehead atoms. The third kappa shape index (κ3) is 6.27. The van der Waals surface area contributed by atoms with Gasteiger partial charge < -0.3 is 29.2 Å². The van der Waals surface area contributed by atoms with Gasteiger partial charge >= 0.3 is 0 Å². The van der Waals surface area contributed by atoms with Crippen LogP contribution in [0, 0.1) is 6.92 Å². The molecule has 8 nitrogen and oxygen atoms in total. The Morgan fingerprint density at radius 3 is 2.34 bits per heavy atom. The molecule has 5 rings (SSSR count). The Kier molecular flexibility index (Phi) is 8.39. The lowest BCUT2D eigenvalue weighted by atomic mass is 9.99. The summed E-state index contributed by atoms with van der Waals surface area (Å²) in [5.74, 6) is 1.55. The van der Waals surface area contributed by atoms with Crippen molar-refractivity contribution in [2.75, 3.05) is 26.3 Å². The molecule has 0 saturated heterocycles. The summed E-state index contributed by atoms with van der Waals surface area (Å²) in [7, 11) is 3.09. The van der Waals surface area contributed by atoms with Gasteiger partial charge in [0.2, 0.25) is 12.7 Å². The second-order valence-corrected chi connectivity index (χ2v) is 9.68. The van der Waals surface area contributed by atoms with Gasteiger partial charge in [-0.3, -0.25) is 9.59 Å². The molecule has 1 unspecified atom stereocenters. The quantitative estimate of drug-likeness (QED) is 0.272. The molecular weight excluding hydrogens is 520 g/mol. The molecule has 0 saturated carbocycles. The Hall–Kier alpha value is -4.98. The third-order valence-corrected chi connectivity index (χ3v) is 7.04. The Bertz CT molecular complexity index is 1540. The standard InChI is InChI=1S/C33H32N2O6/c1-22-9-7-8-12-25(22)20-35(31(36)17-23-10-5-4-6-11-23)32(24-13-15-27(38-2)29(18-24)39-3)33(37)34-26-14-16-28-30(19-26)41-21-40-28/h4-16,18-19,32H,17,20-21H2,1-3H3,(H,34,37). The number of benzene rings is 4. The molecule has 4 aromatic rings. The highest BCUT2D eigenvalue weighted by Crippen LogP contribution is 2.36. The van der Waals surface area contributed by atoms with Crippen molar-refractivity contribution in [2.24, 2.45) is 0 Å². The smallest absolute Gasteiger partial charge is 0.251 e. The summed E-state index contributed by atoms with van der Waals surface area (Å²) in [6.07, 6.45) is 0.133. The molecule has 210 valence electrons. The van der Waals surface area contributed by atoms with Crippen molar-refractivity contribution in [1.29, 1.82) is 0 Å². The minimum absolute atomic E-state index is 0.124. The van der Waals surface area contributed by atoms with Crippen LogP contribution in [0.4, 0.5) is 5.69 Å². The lowest BCUT2D eigenvalue weighted by molar-refractivity contribution is -0.139. The monoisotopic (exact) mass is 552 g/mol. The van der Waals surface area contributed by atoms with E-state index in [1.54, 1.807) is 48.4 Å². The number of nitrogens with zero attached hydrogens (tertiary/aromatic N) is 1. The lowest BCUT2D eigenvalue weighted by Crippen LogP contribution is -2.41. The SMILES string of the molecule is COc1ccc(C(C(=O)Nc2ccc3c(c2)OCO3)N(Cc2ccccc2C)C(=O)Cc2ccccc2)cc1OC. The predicted octanol–water partition coefficient (Wildman–Crippen LogP) is 5.69. The normalized spacial score (nSPS) is 12.4.